The number of carbonyl (C=O) groups excluding carboxylic acids is 1. The first kappa shape index (κ1) is 17.8. The van der Waals surface area contributed by atoms with E-state index in [1.165, 1.54) is 0 Å². The van der Waals surface area contributed by atoms with Crippen LogP contribution in [-0.2, 0) is 0 Å². The summed E-state index contributed by atoms with van der Waals surface area (Å²) in [6.07, 6.45) is 0. The van der Waals surface area contributed by atoms with Crippen molar-refractivity contribution in [3.05, 3.63) is 67.3 Å². The smallest absolute Gasteiger partial charge is 0.300 e. The average Bonchev–Trinajstić information content (AvgIpc) is 2.56. The summed E-state index contributed by atoms with van der Waals surface area (Å²) in [6.45, 7) is 3.57. The maximum atomic E-state index is 12.0. The molecular weight excluding hydrogens is 330 g/mol. The van der Waals surface area contributed by atoms with Crippen molar-refractivity contribution in [2.24, 2.45) is 5.84 Å². The van der Waals surface area contributed by atoms with E-state index in [1.54, 1.807) is 26.0 Å². The zero-order valence-corrected chi connectivity index (χ0v) is 13.4. The number of hydrazine groups is 1. The number of amides is 1. The van der Waals surface area contributed by atoms with Crippen LogP contribution in [0.3, 0.4) is 0 Å². The lowest BCUT2D eigenvalue weighted by Crippen LogP contribution is -2.30. The van der Waals surface area contributed by atoms with E-state index in [9.17, 15) is 25.0 Å². The summed E-state index contributed by atoms with van der Waals surface area (Å²) in [5, 5.41) is 25.3. The van der Waals surface area contributed by atoms with Gasteiger partial charge in [0.2, 0.25) is 0 Å². The molecule has 0 atom stereocenters. The Morgan fingerprint density at radius 3 is 2.12 bits per heavy atom. The van der Waals surface area contributed by atoms with Gasteiger partial charge in [-0.15, -0.1) is 0 Å². The minimum Gasteiger partial charge on any atom is -0.349 e. The number of hydrogen-bond acceptors (Lipinski definition) is 7. The Morgan fingerprint density at radius 2 is 1.64 bits per heavy atom. The molecule has 0 aliphatic heterocycles. The van der Waals surface area contributed by atoms with Crippen LogP contribution in [0.5, 0.6) is 0 Å². The monoisotopic (exact) mass is 345 g/mol. The van der Waals surface area contributed by atoms with E-state index < -0.39 is 27.1 Å². The third-order valence-corrected chi connectivity index (χ3v) is 3.62. The number of benzene rings is 2. The number of nitro groups is 2. The number of nitro benzene ring substituents is 2. The van der Waals surface area contributed by atoms with Crippen LogP contribution in [0.25, 0.3) is 0 Å². The van der Waals surface area contributed by atoms with Crippen molar-refractivity contribution in [3.63, 3.8) is 0 Å². The summed E-state index contributed by atoms with van der Waals surface area (Å²) in [7, 11) is 0. The molecule has 0 fully saturated rings. The van der Waals surface area contributed by atoms with E-state index in [0.717, 1.165) is 23.3 Å². The molecule has 1 amide bonds. The molecule has 2 aromatic carbocycles. The van der Waals surface area contributed by atoms with Gasteiger partial charge in [-0.3, -0.25) is 30.4 Å². The normalized spacial score (nSPS) is 10.2. The molecule has 0 unspecified atom stereocenters. The second-order valence-electron chi connectivity index (χ2n) is 5.27. The molecule has 130 valence electrons. The quantitative estimate of drug-likeness (QED) is 0.325. The molecule has 0 saturated carbocycles. The summed E-state index contributed by atoms with van der Waals surface area (Å²) in [5.41, 5.74) is 2.32. The lowest BCUT2D eigenvalue weighted by Gasteiger charge is -2.15. The van der Waals surface area contributed by atoms with Gasteiger partial charge >= 0.3 is 0 Å². The van der Waals surface area contributed by atoms with E-state index in [1.807, 2.05) is 11.5 Å². The van der Waals surface area contributed by atoms with Crippen LogP contribution < -0.4 is 16.6 Å². The first-order chi connectivity index (χ1) is 11.8. The Bertz CT molecular complexity index is 861. The maximum Gasteiger partial charge on any atom is 0.300 e. The van der Waals surface area contributed by atoms with Gasteiger partial charge in [-0.05, 0) is 25.0 Å². The third-order valence-electron chi connectivity index (χ3n) is 3.62. The highest BCUT2D eigenvalue weighted by Crippen LogP contribution is 2.37. The van der Waals surface area contributed by atoms with Gasteiger partial charge in [-0.1, -0.05) is 18.2 Å². The molecule has 0 heterocycles. The Hall–Kier alpha value is -3.53. The fourth-order valence-electron chi connectivity index (χ4n) is 2.39. The number of para-hydroxylation sites is 1. The number of rotatable bonds is 5. The number of nitrogens with one attached hydrogen (secondary N) is 2. The van der Waals surface area contributed by atoms with Crippen LogP contribution in [-0.4, -0.2) is 15.8 Å². The van der Waals surface area contributed by atoms with Crippen molar-refractivity contribution < 1.29 is 14.6 Å². The molecule has 10 heteroatoms. The van der Waals surface area contributed by atoms with Crippen LogP contribution in [0.4, 0.5) is 22.7 Å². The largest absolute Gasteiger partial charge is 0.349 e. The average molecular weight is 345 g/mol. The van der Waals surface area contributed by atoms with Gasteiger partial charge in [0.1, 0.15) is 5.69 Å². The number of hydrogen-bond donors (Lipinski definition) is 3. The lowest BCUT2D eigenvalue weighted by atomic mass is 10.1. The van der Waals surface area contributed by atoms with Crippen molar-refractivity contribution in [1.82, 2.24) is 5.43 Å². The summed E-state index contributed by atoms with van der Waals surface area (Å²) in [6, 6.07) is 7.12. The number of carbonyl (C=O) groups is 1. The summed E-state index contributed by atoms with van der Waals surface area (Å²) in [5.74, 6) is 4.22. The molecule has 0 aromatic heterocycles. The topological polar surface area (TPSA) is 153 Å². The van der Waals surface area contributed by atoms with E-state index in [4.69, 9.17) is 5.84 Å². The van der Waals surface area contributed by atoms with Gasteiger partial charge in [0, 0.05) is 11.8 Å². The standard InChI is InChI=1S/C15H15N5O5/c1-8-4-3-5-9(2)13(8)17-14-11(15(21)18-16)6-10(19(22)23)7-12(14)20(24)25/h3-7,17H,16H2,1-2H3,(H,18,21). The van der Waals surface area contributed by atoms with E-state index >= 15 is 0 Å². The second-order valence-corrected chi connectivity index (χ2v) is 5.27. The van der Waals surface area contributed by atoms with Gasteiger partial charge in [-0.25, -0.2) is 5.84 Å². The fourth-order valence-corrected chi connectivity index (χ4v) is 2.39. The Morgan fingerprint density at radius 1 is 1.04 bits per heavy atom. The van der Waals surface area contributed by atoms with Crippen LogP contribution in [0.15, 0.2) is 30.3 Å². The molecular formula is C15H15N5O5. The Kier molecular flexibility index (Phi) is 4.94. The van der Waals surface area contributed by atoms with Crippen LogP contribution in [0.2, 0.25) is 0 Å². The summed E-state index contributed by atoms with van der Waals surface area (Å²) in [4.78, 5) is 32.8. The van der Waals surface area contributed by atoms with Crippen LogP contribution >= 0.6 is 0 Å². The highest BCUT2D eigenvalue weighted by molar-refractivity contribution is 6.03. The number of nitrogens with two attached hydrogens (primary N) is 1. The number of anilines is 2. The van der Waals surface area contributed by atoms with Crippen LogP contribution in [0.1, 0.15) is 21.5 Å². The molecule has 2 aromatic rings. The molecule has 2 rings (SSSR count). The zero-order chi connectivity index (χ0) is 18.7. The van der Waals surface area contributed by atoms with Crippen molar-refractivity contribution in [3.8, 4) is 0 Å². The van der Waals surface area contributed by atoms with Crippen molar-refractivity contribution >= 4 is 28.7 Å². The van der Waals surface area contributed by atoms with Crippen molar-refractivity contribution in [2.45, 2.75) is 13.8 Å². The van der Waals surface area contributed by atoms with Gasteiger partial charge in [0.15, 0.2) is 0 Å². The van der Waals surface area contributed by atoms with Gasteiger partial charge in [0.25, 0.3) is 17.3 Å². The van der Waals surface area contributed by atoms with Crippen LogP contribution in [0, 0.1) is 34.1 Å². The minimum atomic E-state index is -0.888. The first-order valence-corrected chi connectivity index (χ1v) is 7.07. The Labute approximate surface area is 141 Å². The summed E-state index contributed by atoms with van der Waals surface area (Å²) >= 11 is 0. The molecule has 0 spiro atoms. The van der Waals surface area contributed by atoms with Gasteiger partial charge in [0.05, 0.1) is 21.5 Å². The maximum absolute atomic E-state index is 12.0. The van der Waals surface area contributed by atoms with E-state index in [-0.39, 0.29) is 11.3 Å². The molecule has 0 aliphatic carbocycles. The van der Waals surface area contributed by atoms with E-state index in [0.29, 0.717) is 5.69 Å². The minimum absolute atomic E-state index is 0.170. The Balaban J connectivity index is 2.75. The molecule has 25 heavy (non-hydrogen) atoms. The molecule has 0 aliphatic rings. The lowest BCUT2D eigenvalue weighted by molar-refractivity contribution is -0.393. The van der Waals surface area contributed by atoms with E-state index in [2.05, 4.69) is 5.32 Å². The van der Waals surface area contributed by atoms with Gasteiger partial charge < -0.3 is 5.32 Å². The highest BCUT2D eigenvalue weighted by Gasteiger charge is 2.28. The van der Waals surface area contributed by atoms with Crippen molar-refractivity contribution in [1.29, 1.82) is 0 Å². The number of nitrogen functional groups attached to an aromatic ring is 1. The van der Waals surface area contributed by atoms with Crippen molar-refractivity contribution in [2.75, 3.05) is 5.32 Å². The number of nitrogens with zero attached hydrogens (tertiary/aromatic N) is 2. The number of aryl methyl sites for hydroxylation is 2. The third kappa shape index (κ3) is 3.53. The molecule has 0 radical (unpaired) electrons. The molecule has 0 saturated heterocycles. The second kappa shape index (κ2) is 6.93. The SMILES string of the molecule is Cc1cccc(C)c1Nc1c(C(=O)NN)cc([N+](=O)[O-])cc1[N+](=O)[O-]. The van der Waals surface area contributed by atoms with Gasteiger partial charge in [-0.2, -0.15) is 0 Å². The summed E-state index contributed by atoms with van der Waals surface area (Å²) < 4.78 is 0. The predicted octanol–water partition coefficient (Wildman–Crippen LogP) is 2.47. The fraction of sp³-hybridized carbons (Fsp3) is 0.133. The predicted molar refractivity (Wildman–Crippen MR) is 90.6 cm³/mol. The zero-order valence-electron chi connectivity index (χ0n) is 13.4. The number of non-ortho nitro benzene ring substituents is 1. The molecule has 0 bridgehead atoms. The molecule has 4 N–H and O–H groups in total. The highest BCUT2D eigenvalue weighted by atomic mass is 16.6. The molecule has 10 nitrogen and oxygen atoms in total. The first-order valence-electron chi connectivity index (χ1n) is 7.07.